The van der Waals surface area contributed by atoms with Crippen LogP contribution in [0.15, 0.2) is 12.7 Å². The summed E-state index contributed by atoms with van der Waals surface area (Å²) in [6.07, 6.45) is 9.25. The van der Waals surface area contributed by atoms with Crippen molar-refractivity contribution in [2.45, 2.75) is 45.4 Å². The molecule has 0 radical (unpaired) electrons. The van der Waals surface area contributed by atoms with E-state index >= 15 is 0 Å². The fourth-order valence-electron chi connectivity index (χ4n) is 2.29. The Morgan fingerprint density at radius 1 is 1.40 bits per heavy atom. The second-order valence-corrected chi connectivity index (χ2v) is 4.56. The normalized spacial score (nSPS) is 20.3. The molecule has 0 aromatic rings. The summed E-state index contributed by atoms with van der Waals surface area (Å²) in [4.78, 5) is 10.9. The first kappa shape index (κ1) is 12.3. The van der Waals surface area contributed by atoms with Crippen LogP contribution in [0, 0.1) is 11.8 Å². The summed E-state index contributed by atoms with van der Waals surface area (Å²) in [6.45, 7) is 6.13. The Morgan fingerprint density at radius 2 is 2.00 bits per heavy atom. The van der Waals surface area contributed by atoms with Crippen molar-refractivity contribution in [3.63, 3.8) is 0 Å². The van der Waals surface area contributed by atoms with Gasteiger partial charge in [-0.2, -0.15) is 0 Å². The van der Waals surface area contributed by atoms with E-state index in [4.69, 9.17) is 4.74 Å². The van der Waals surface area contributed by atoms with E-state index in [0.29, 0.717) is 12.5 Å². The van der Waals surface area contributed by atoms with Crippen LogP contribution in [0.5, 0.6) is 0 Å². The summed E-state index contributed by atoms with van der Waals surface area (Å²) in [5.74, 6) is 0.938. The molecule has 0 aromatic heterocycles. The second kappa shape index (κ2) is 6.65. The minimum absolute atomic E-state index is 0.296. The number of carbonyl (C=O) groups excluding carboxylic acids is 1. The Bertz CT molecular complexity index is 203. The SMILES string of the molecule is C=CC(=O)OCC(C)C1CCCCCC1. The van der Waals surface area contributed by atoms with Gasteiger partial charge in [0.15, 0.2) is 0 Å². The molecule has 1 aliphatic carbocycles. The van der Waals surface area contributed by atoms with Crippen LogP contribution in [0.1, 0.15) is 45.4 Å². The lowest BCUT2D eigenvalue weighted by Gasteiger charge is -2.21. The van der Waals surface area contributed by atoms with Crippen LogP contribution in [-0.2, 0) is 9.53 Å². The monoisotopic (exact) mass is 210 g/mol. The molecular weight excluding hydrogens is 188 g/mol. The zero-order chi connectivity index (χ0) is 11.1. The molecule has 0 bridgehead atoms. The van der Waals surface area contributed by atoms with E-state index in [0.717, 1.165) is 5.92 Å². The molecule has 2 nitrogen and oxygen atoms in total. The van der Waals surface area contributed by atoms with Gasteiger partial charge in [0, 0.05) is 6.08 Å². The molecule has 0 amide bonds. The first-order chi connectivity index (χ1) is 7.24. The van der Waals surface area contributed by atoms with Crippen LogP contribution in [0.3, 0.4) is 0 Å². The van der Waals surface area contributed by atoms with Crippen molar-refractivity contribution in [1.29, 1.82) is 0 Å². The van der Waals surface area contributed by atoms with E-state index in [-0.39, 0.29) is 5.97 Å². The van der Waals surface area contributed by atoms with Gasteiger partial charge in [0.2, 0.25) is 0 Å². The number of ether oxygens (including phenoxy) is 1. The molecular formula is C13H22O2. The molecule has 0 N–H and O–H groups in total. The zero-order valence-electron chi connectivity index (χ0n) is 9.71. The van der Waals surface area contributed by atoms with Crippen molar-refractivity contribution in [3.8, 4) is 0 Å². The van der Waals surface area contributed by atoms with Gasteiger partial charge < -0.3 is 4.74 Å². The predicted octanol–water partition coefficient (Wildman–Crippen LogP) is 3.32. The third-order valence-corrected chi connectivity index (χ3v) is 3.36. The second-order valence-electron chi connectivity index (χ2n) is 4.56. The lowest BCUT2D eigenvalue weighted by molar-refractivity contribution is -0.139. The summed E-state index contributed by atoms with van der Waals surface area (Å²) in [7, 11) is 0. The van der Waals surface area contributed by atoms with Crippen molar-refractivity contribution >= 4 is 5.97 Å². The van der Waals surface area contributed by atoms with Crippen LogP contribution >= 0.6 is 0 Å². The predicted molar refractivity (Wildman–Crippen MR) is 61.5 cm³/mol. The maximum Gasteiger partial charge on any atom is 0.330 e. The molecule has 0 heterocycles. The Balaban J connectivity index is 2.27. The van der Waals surface area contributed by atoms with Crippen LogP contribution in [0.4, 0.5) is 0 Å². The summed E-state index contributed by atoms with van der Waals surface area (Å²) in [5, 5.41) is 0. The molecule has 0 saturated heterocycles. The molecule has 1 atom stereocenters. The number of hydrogen-bond donors (Lipinski definition) is 0. The first-order valence-corrected chi connectivity index (χ1v) is 6.03. The first-order valence-electron chi connectivity index (χ1n) is 6.03. The highest BCUT2D eigenvalue weighted by Crippen LogP contribution is 2.28. The van der Waals surface area contributed by atoms with Gasteiger partial charge in [0.1, 0.15) is 0 Å². The van der Waals surface area contributed by atoms with Crippen molar-refractivity contribution in [1.82, 2.24) is 0 Å². The van der Waals surface area contributed by atoms with E-state index < -0.39 is 0 Å². The third kappa shape index (κ3) is 4.50. The van der Waals surface area contributed by atoms with Crippen LogP contribution in [-0.4, -0.2) is 12.6 Å². The van der Waals surface area contributed by atoms with Crippen molar-refractivity contribution < 1.29 is 9.53 Å². The highest BCUT2D eigenvalue weighted by molar-refractivity contribution is 5.81. The molecule has 1 unspecified atom stereocenters. The van der Waals surface area contributed by atoms with E-state index in [9.17, 15) is 4.79 Å². The average molecular weight is 210 g/mol. The van der Waals surface area contributed by atoms with Gasteiger partial charge in [-0.25, -0.2) is 4.79 Å². The standard InChI is InChI=1S/C13H22O2/c1-3-13(14)15-10-11(2)12-8-6-4-5-7-9-12/h3,11-12H,1,4-10H2,2H3. The fraction of sp³-hybridized carbons (Fsp3) is 0.769. The molecule has 1 fully saturated rings. The molecule has 0 aliphatic heterocycles. The van der Waals surface area contributed by atoms with E-state index in [2.05, 4.69) is 13.5 Å². The topological polar surface area (TPSA) is 26.3 Å². The molecule has 0 aromatic carbocycles. The van der Waals surface area contributed by atoms with E-state index in [1.807, 2.05) is 0 Å². The Labute approximate surface area is 92.7 Å². The number of carbonyl (C=O) groups is 1. The van der Waals surface area contributed by atoms with Gasteiger partial charge in [0.25, 0.3) is 0 Å². The number of hydrogen-bond acceptors (Lipinski definition) is 2. The molecule has 86 valence electrons. The van der Waals surface area contributed by atoms with Gasteiger partial charge >= 0.3 is 5.97 Å². The van der Waals surface area contributed by atoms with Crippen molar-refractivity contribution in [3.05, 3.63) is 12.7 Å². The summed E-state index contributed by atoms with van der Waals surface area (Å²) in [6, 6.07) is 0. The molecule has 2 heteroatoms. The molecule has 0 spiro atoms. The minimum Gasteiger partial charge on any atom is -0.462 e. The Hall–Kier alpha value is -0.790. The van der Waals surface area contributed by atoms with Gasteiger partial charge in [-0.15, -0.1) is 0 Å². The highest BCUT2D eigenvalue weighted by Gasteiger charge is 2.19. The number of rotatable bonds is 4. The van der Waals surface area contributed by atoms with Crippen LogP contribution in [0.2, 0.25) is 0 Å². The van der Waals surface area contributed by atoms with Crippen LogP contribution < -0.4 is 0 Å². The van der Waals surface area contributed by atoms with Gasteiger partial charge in [0.05, 0.1) is 6.61 Å². The lowest BCUT2D eigenvalue weighted by Crippen LogP contribution is -2.18. The Morgan fingerprint density at radius 3 is 2.53 bits per heavy atom. The molecule has 1 aliphatic rings. The minimum atomic E-state index is -0.296. The maximum absolute atomic E-state index is 10.9. The Kier molecular flexibility index (Phi) is 5.44. The van der Waals surface area contributed by atoms with Gasteiger partial charge in [-0.1, -0.05) is 52.0 Å². The third-order valence-electron chi connectivity index (χ3n) is 3.36. The maximum atomic E-state index is 10.9. The van der Waals surface area contributed by atoms with Crippen molar-refractivity contribution in [2.24, 2.45) is 11.8 Å². The summed E-state index contributed by atoms with van der Waals surface area (Å²) >= 11 is 0. The summed E-state index contributed by atoms with van der Waals surface area (Å²) in [5.41, 5.74) is 0. The largest absolute Gasteiger partial charge is 0.462 e. The lowest BCUT2D eigenvalue weighted by atomic mass is 9.88. The molecule has 1 saturated carbocycles. The highest BCUT2D eigenvalue weighted by atomic mass is 16.5. The van der Waals surface area contributed by atoms with Gasteiger partial charge in [-0.3, -0.25) is 0 Å². The van der Waals surface area contributed by atoms with Crippen molar-refractivity contribution in [2.75, 3.05) is 6.61 Å². The van der Waals surface area contributed by atoms with E-state index in [1.165, 1.54) is 44.6 Å². The zero-order valence-corrected chi connectivity index (χ0v) is 9.71. The smallest absolute Gasteiger partial charge is 0.330 e. The van der Waals surface area contributed by atoms with Crippen LogP contribution in [0.25, 0.3) is 0 Å². The van der Waals surface area contributed by atoms with Gasteiger partial charge in [-0.05, 0) is 11.8 Å². The molecule has 15 heavy (non-hydrogen) atoms. The summed E-state index contributed by atoms with van der Waals surface area (Å²) < 4.78 is 5.09. The number of esters is 1. The average Bonchev–Trinajstić information content (AvgIpc) is 2.53. The fourth-order valence-corrected chi connectivity index (χ4v) is 2.29. The van der Waals surface area contributed by atoms with E-state index in [1.54, 1.807) is 0 Å². The quantitative estimate of drug-likeness (QED) is 0.404. The molecule has 1 rings (SSSR count).